The zero-order chi connectivity index (χ0) is 15.8. The van der Waals surface area contributed by atoms with Crippen molar-refractivity contribution in [1.29, 1.82) is 0 Å². The number of carbonyl (C=O) groups is 1. The number of rotatable bonds is 4. The van der Waals surface area contributed by atoms with Gasteiger partial charge in [-0.15, -0.1) is 0 Å². The molecule has 2 aliphatic rings. The maximum absolute atomic E-state index is 12.2. The quantitative estimate of drug-likeness (QED) is 0.781. The molecule has 0 bridgehead atoms. The second-order valence-corrected chi connectivity index (χ2v) is 8.25. The fourth-order valence-electron chi connectivity index (χ4n) is 4.55. The van der Waals surface area contributed by atoms with Crippen molar-refractivity contribution in [3.63, 3.8) is 0 Å². The van der Waals surface area contributed by atoms with Crippen molar-refractivity contribution in [2.24, 2.45) is 29.1 Å². The van der Waals surface area contributed by atoms with Gasteiger partial charge in [-0.3, -0.25) is 4.79 Å². The van der Waals surface area contributed by atoms with Gasteiger partial charge in [-0.25, -0.2) is 0 Å². The average molecular weight is 292 g/mol. The van der Waals surface area contributed by atoms with Crippen molar-refractivity contribution in [2.75, 3.05) is 0 Å². The number of hydrogen-bond donors (Lipinski definition) is 1. The number of allylic oxidation sites excluding steroid dienone is 1. The Bertz CT molecular complexity index is 418. The van der Waals surface area contributed by atoms with Gasteiger partial charge in [0.2, 0.25) is 0 Å². The van der Waals surface area contributed by atoms with Crippen molar-refractivity contribution in [1.82, 2.24) is 0 Å². The summed E-state index contributed by atoms with van der Waals surface area (Å²) in [7, 11) is 0. The second-order valence-electron chi connectivity index (χ2n) is 8.25. The minimum atomic E-state index is -0.668. The first kappa shape index (κ1) is 16.7. The number of carbonyl (C=O) groups excluding carboxylic acids is 1. The first-order chi connectivity index (χ1) is 9.66. The number of hydrogen-bond acceptors (Lipinski definition) is 2. The van der Waals surface area contributed by atoms with Gasteiger partial charge in [0.1, 0.15) is 5.78 Å². The predicted molar refractivity (Wildman–Crippen MR) is 86.9 cm³/mol. The third-order valence-corrected chi connectivity index (χ3v) is 6.39. The molecule has 0 spiro atoms. The van der Waals surface area contributed by atoms with Crippen LogP contribution in [0.2, 0.25) is 0 Å². The summed E-state index contributed by atoms with van der Waals surface area (Å²) in [5.41, 5.74) is -0.462. The maximum atomic E-state index is 12.2. The third kappa shape index (κ3) is 3.26. The normalized spacial score (nSPS) is 36.8. The van der Waals surface area contributed by atoms with Crippen LogP contribution in [-0.2, 0) is 4.79 Å². The summed E-state index contributed by atoms with van der Waals surface area (Å²) >= 11 is 0. The van der Waals surface area contributed by atoms with Crippen molar-refractivity contribution >= 4 is 5.78 Å². The van der Waals surface area contributed by atoms with E-state index in [2.05, 4.69) is 32.9 Å². The van der Waals surface area contributed by atoms with E-state index in [4.69, 9.17) is 0 Å². The summed E-state index contributed by atoms with van der Waals surface area (Å²) in [6.45, 7) is 10.4. The molecule has 2 nitrogen and oxygen atoms in total. The van der Waals surface area contributed by atoms with Gasteiger partial charge in [-0.05, 0) is 56.8 Å². The van der Waals surface area contributed by atoms with Gasteiger partial charge in [0.25, 0.3) is 0 Å². The molecule has 2 fully saturated rings. The Balaban J connectivity index is 2.08. The molecule has 0 saturated heterocycles. The van der Waals surface area contributed by atoms with Crippen molar-refractivity contribution < 1.29 is 9.90 Å². The first-order valence-corrected chi connectivity index (χ1v) is 8.59. The average Bonchev–Trinajstić information content (AvgIpc) is 2.73. The standard InChI is InChI=1S/C19H32O2/c1-13(8-9-14(2)18(3,4)21)15-10-11-16-17(20)7-6-12-19(15,16)5/h8-9,13-16,21H,6-7,10-12H2,1-5H3/b9-8+/t13-,14-,15?,16-,19+/m0/s1. The SMILES string of the molecule is C[C@@H](/C=C/[C@H](C)C(C)(C)O)C1CC[C@H]2C(=O)CCC[C@]12C. The summed E-state index contributed by atoms with van der Waals surface area (Å²) in [4.78, 5) is 12.2. The zero-order valence-corrected chi connectivity index (χ0v) is 14.4. The summed E-state index contributed by atoms with van der Waals surface area (Å²) < 4.78 is 0. The lowest BCUT2D eigenvalue weighted by Gasteiger charge is -2.41. The highest BCUT2D eigenvalue weighted by atomic mass is 16.3. The number of Topliss-reactive ketones (excluding diaryl/α,β-unsaturated/α-hetero) is 1. The molecule has 2 rings (SSSR count). The van der Waals surface area contributed by atoms with E-state index < -0.39 is 5.60 Å². The van der Waals surface area contributed by atoms with Crippen LogP contribution in [0.25, 0.3) is 0 Å². The summed E-state index contributed by atoms with van der Waals surface area (Å²) in [5, 5.41) is 10.0. The molecule has 2 heteroatoms. The zero-order valence-electron chi connectivity index (χ0n) is 14.4. The monoisotopic (exact) mass is 292 g/mol. The van der Waals surface area contributed by atoms with Gasteiger partial charge in [0, 0.05) is 18.3 Å². The minimum absolute atomic E-state index is 0.151. The lowest BCUT2D eigenvalue weighted by molar-refractivity contribution is -0.129. The van der Waals surface area contributed by atoms with Crippen LogP contribution >= 0.6 is 0 Å². The Morgan fingerprint density at radius 1 is 1.29 bits per heavy atom. The van der Waals surface area contributed by atoms with Gasteiger partial charge in [-0.1, -0.05) is 32.9 Å². The summed E-state index contributed by atoms with van der Waals surface area (Å²) in [5.74, 6) is 2.05. The van der Waals surface area contributed by atoms with E-state index in [1.165, 1.54) is 12.8 Å². The van der Waals surface area contributed by atoms with Crippen LogP contribution in [0.3, 0.4) is 0 Å². The molecule has 0 heterocycles. The molecule has 1 unspecified atom stereocenters. The van der Waals surface area contributed by atoms with Crippen LogP contribution in [0, 0.1) is 29.1 Å². The second kappa shape index (κ2) is 5.87. The Hall–Kier alpha value is -0.630. The Kier molecular flexibility index (Phi) is 4.68. The molecule has 0 aromatic rings. The maximum Gasteiger partial charge on any atom is 0.136 e. The summed E-state index contributed by atoms with van der Waals surface area (Å²) in [6.07, 6.45) is 9.76. The molecule has 1 N–H and O–H groups in total. The third-order valence-electron chi connectivity index (χ3n) is 6.39. The topological polar surface area (TPSA) is 37.3 Å². The summed E-state index contributed by atoms with van der Waals surface area (Å²) in [6, 6.07) is 0. The highest BCUT2D eigenvalue weighted by molar-refractivity contribution is 5.83. The molecule has 0 radical (unpaired) electrons. The fourth-order valence-corrected chi connectivity index (χ4v) is 4.55. The van der Waals surface area contributed by atoms with Crippen LogP contribution in [0.4, 0.5) is 0 Å². The van der Waals surface area contributed by atoms with Crippen molar-refractivity contribution in [3.8, 4) is 0 Å². The molecular weight excluding hydrogens is 260 g/mol. The van der Waals surface area contributed by atoms with Crippen molar-refractivity contribution in [3.05, 3.63) is 12.2 Å². The van der Waals surface area contributed by atoms with Crippen LogP contribution in [0.1, 0.15) is 66.7 Å². The van der Waals surface area contributed by atoms with E-state index in [0.29, 0.717) is 23.5 Å². The van der Waals surface area contributed by atoms with Crippen LogP contribution < -0.4 is 0 Å². The van der Waals surface area contributed by atoms with E-state index in [1.54, 1.807) is 0 Å². The van der Waals surface area contributed by atoms with E-state index in [9.17, 15) is 9.90 Å². The van der Waals surface area contributed by atoms with Gasteiger partial charge in [0.05, 0.1) is 5.60 Å². The molecule has 0 aliphatic heterocycles. The van der Waals surface area contributed by atoms with Crippen LogP contribution in [-0.4, -0.2) is 16.5 Å². The van der Waals surface area contributed by atoms with Crippen LogP contribution in [0.15, 0.2) is 12.2 Å². The molecule has 0 aromatic carbocycles. The van der Waals surface area contributed by atoms with Gasteiger partial charge in [-0.2, -0.15) is 0 Å². The molecule has 2 aliphatic carbocycles. The molecule has 5 atom stereocenters. The van der Waals surface area contributed by atoms with E-state index in [0.717, 1.165) is 19.3 Å². The highest BCUT2D eigenvalue weighted by Gasteiger charge is 2.51. The molecule has 120 valence electrons. The Labute approximate surface area is 130 Å². The fraction of sp³-hybridized carbons (Fsp3) is 0.842. The highest BCUT2D eigenvalue weighted by Crippen LogP contribution is 2.56. The van der Waals surface area contributed by atoms with Gasteiger partial charge in [0.15, 0.2) is 0 Å². The largest absolute Gasteiger partial charge is 0.390 e. The number of aliphatic hydroxyl groups is 1. The first-order valence-electron chi connectivity index (χ1n) is 8.59. The van der Waals surface area contributed by atoms with Gasteiger partial charge >= 0.3 is 0 Å². The molecular formula is C19H32O2. The number of fused-ring (bicyclic) bond motifs is 1. The molecule has 0 aromatic heterocycles. The van der Waals surface area contributed by atoms with E-state index >= 15 is 0 Å². The smallest absolute Gasteiger partial charge is 0.136 e. The lowest BCUT2D eigenvalue weighted by atomic mass is 9.62. The molecule has 0 amide bonds. The lowest BCUT2D eigenvalue weighted by Crippen LogP contribution is -2.39. The molecule has 21 heavy (non-hydrogen) atoms. The van der Waals surface area contributed by atoms with E-state index in [-0.39, 0.29) is 11.3 Å². The Morgan fingerprint density at radius 3 is 2.57 bits per heavy atom. The van der Waals surface area contributed by atoms with Crippen LogP contribution in [0.5, 0.6) is 0 Å². The number of ketones is 1. The molecule has 2 saturated carbocycles. The van der Waals surface area contributed by atoms with Crippen molar-refractivity contribution in [2.45, 2.75) is 72.3 Å². The van der Waals surface area contributed by atoms with E-state index in [1.807, 2.05) is 13.8 Å². The predicted octanol–water partition coefficient (Wildman–Crippen LogP) is 4.37. The Morgan fingerprint density at radius 2 is 1.95 bits per heavy atom. The minimum Gasteiger partial charge on any atom is -0.390 e. The van der Waals surface area contributed by atoms with Gasteiger partial charge < -0.3 is 5.11 Å².